The molecule has 2 fully saturated rings. The fourth-order valence-electron chi connectivity index (χ4n) is 4.79. The number of hydrogen-bond donors (Lipinski definition) is 0. The van der Waals surface area contributed by atoms with E-state index < -0.39 is 0 Å². The van der Waals surface area contributed by atoms with Gasteiger partial charge in [-0.05, 0) is 61.8 Å². The van der Waals surface area contributed by atoms with Crippen molar-refractivity contribution in [3.8, 4) is 11.4 Å². The molecule has 5 nitrogen and oxygen atoms in total. The lowest BCUT2D eigenvalue weighted by molar-refractivity contribution is -0.136. The van der Waals surface area contributed by atoms with Crippen molar-refractivity contribution >= 4 is 5.91 Å². The van der Waals surface area contributed by atoms with Crippen molar-refractivity contribution in [2.75, 3.05) is 13.6 Å². The SMILES string of the molecule is CCCN(C)C(=O)[C@H]1[C@H]2CC[C@H](C2)[C@@H]1c1nc(-c2ccc(F)cc2)no1. The maximum Gasteiger partial charge on any atom is 0.231 e. The Bertz CT molecular complexity index is 789. The number of hydrogen-bond acceptors (Lipinski definition) is 4. The highest BCUT2D eigenvalue weighted by molar-refractivity contribution is 5.80. The van der Waals surface area contributed by atoms with E-state index in [1.165, 1.54) is 12.1 Å². The second-order valence-corrected chi connectivity index (χ2v) is 7.61. The van der Waals surface area contributed by atoms with E-state index in [1.807, 2.05) is 11.9 Å². The molecule has 2 aromatic rings. The molecule has 6 heteroatoms. The van der Waals surface area contributed by atoms with Crippen LogP contribution in [-0.4, -0.2) is 34.5 Å². The van der Waals surface area contributed by atoms with Gasteiger partial charge in [0.1, 0.15) is 5.82 Å². The van der Waals surface area contributed by atoms with Crippen molar-refractivity contribution in [3.05, 3.63) is 36.0 Å². The molecule has 138 valence electrons. The van der Waals surface area contributed by atoms with Gasteiger partial charge in [0.2, 0.25) is 17.6 Å². The van der Waals surface area contributed by atoms with Crippen LogP contribution in [0.5, 0.6) is 0 Å². The second-order valence-electron chi connectivity index (χ2n) is 7.61. The number of carbonyl (C=O) groups excluding carboxylic acids is 1. The van der Waals surface area contributed by atoms with Crippen molar-refractivity contribution in [2.45, 2.75) is 38.5 Å². The van der Waals surface area contributed by atoms with E-state index in [2.05, 4.69) is 17.1 Å². The first-order valence-corrected chi connectivity index (χ1v) is 9.43. The van der Waals surface area contributed by atoms with Gasteiger partial charge in [0.25, 0.3) is 0 Å². The van der Waals surface area contributed by atoms with Gasteiger partial charge >= 0.3 is 0 Å². The Hall–Kier alpha value is -2.24. The van der Waals surface area contributed by atoms with Crippen molar-refractivity contribution in [2.24, 2.45) is 17.8 Å². The largest absolute Gasteiger partial charge is 0.346 e. The lowest BCUT2D eigenvalue weighted by Gasteiger charge is -2.31. The molecule has 0 radical (unpaired) electrons. The van der Waals surface area contributed by atoms with Crippen molar-refractivity contribution < 1.29 is 13.7 Å². The third-order valence-electron chi connectivity index (χ3n) is 5.97. The molecule has 0 aliphatic heterocycles. The summed E-state index contributed by atoms with van der Waals surface area (Å²) < 4.78 is 18.7. The highest BCUT2D eigenvalue weighted by Crippen LogP contribution is 2.56. The van der Waals surface area contributed by atoms with Gasteiger partial charge in [-0.25, -0.2) is 4.39 Å². The van der Waals surface area contributed by atoms with E-state index in [1.54, 1.807) is 12.1 Å². The molecule has 0 N–H and O–H groups in total. The van der Waals surface area contributed by atoms with E-state index in [4.69, 9.17) is 4.52 Å². The first kappa shape index (κ1) is 17.2. The van der Waals surface area contributed by atoms with E-state index in [-0.39, 0.29) is 23.6 Å². The second kappa shape index (κ2) is 6.82. The molecule has 1 aromatic carbocycles. The molecule has 2 aliphatic rings. The highest BCUT2D eigenvalue weighted by Gasteiger charge is 2.54. The minimum atomic E-state index is -0.296. The molecule has 26 heavy (non-hydrogen) atoms. The summed E-state index contributed by atoms with van der Waals surface area (Å²) in [7, 11) is 1.88. The smallest absolute Gasteiger partial charge is 0.231 e. The Labute approximate surface area is 152 Å². The lowest BCUT2D eigenvalue weighted by Crippen LogP contribution is -2.39. The van der Waals surface area contributed by atoms with E-state index in [0.29, 0.717) is 23.6 Å². The fraction of sp³-hybridized carbons (Fsp3) is 0.550. The van der Waals surface area contributed by atoms with Crippen LogP contribution < -0.4 is 0 Å². The van der Waals surface area contributed by atoms with E-state index in [0.717, 1.165) is 37.8 Å². The molecule has 0 unspecified atom stereocenters. The number of carbonyl (C=O) groups is 1. The first-order valence-electron chi connectivity index (χ1n) is 9.43. The summed E-state index contributed by atoms with van der Waals surface area (Å²) in [4.78, 5) is 19.4. The van der Waals surface area contributed by atoms with Crippen LogP contribution in [0.4, 0.5) is 4.39 Å². The summed E-state index contributed by atoms with van der Waals surface area (Å²) in [5, 5.41) is 4.09. The Morgan fingerprint density at radius 1 is 1.27 bits per heavy atom. The highest BCUT2D eigenvalue weighted by atomic mass is 19.1. The summed E-state index contributed by atoms with van der Waals surface area (Å²) in [6, 6.07) is 6.05. The van der Waals surface area contributed by atoms with Gasteiger partial charge in [0.15, 0.2) is 0 Å². The molecular weight excluding hydrogens is 333 g/mol. The molecule has 2 aliphatic carbocycles. The van der Waals surface area contributed by atoms with Gasteiger partial charge < -0.3 is 9.42 Å². The molecule has 1 aromatic heterocycles. The van der Waals surface area contributed by atoms with Crippen LogP contribution in [0.1, 0.15) is 44.4 Å². The molecule has 2 bridgehead atoms. The zero-order valence-corrected chi connectivity index (χ0v) is 15.2. The number of rotatable bonds is 5. The minimum Gasteiger partial charge on any atom is -0.346 e. The van der Waals surface area contributed by atoms with Gasteiger partial charge in [0.05, 0.1) is 11.8 Å². The molecule has 0 saturated heterocycles. The average Bonchev–Trinajstić information content (AvgIpc) is 3.37. The van der Waals surface area contributed by atoms with Crippen LogP contribution in [0, 0.1) is 23.6 Å². The molecule has 1 amide bonds. The van der Waals surface area contributed by atoms with Gasteiger partial charge in [-0.1, -0.05) is 12.1 Å². The standard InChI is InChI=1S/C20H24FN3O2/c1-3-10-24(2)20(25)17-14-5-4-13(11-14)16(17)19-22-18(23-26-19)12-6-8-15(21)9-7-12/h6-9,13-14,16-17H,3-5,10-11H2,1-2H3/t13-,14+,16+,17+/m1/s1. The predicted molar refractivity (Wildman–Crippen MR) is 94.7 cm³/mol. The Balaban J connectivity index is 1.61. The lowest BCUT2D eigenvalue weighted by atomic mass is 9.78. The van der Waals surface area contributed by atoms with Crippen LogP contribution in [0.25, 0.3) is 11.4 Å². The first-order chi connectivity index (χ1) is 12.6. The number of amides is 1. The van der Waals surface area contributed by atoms with Gasteiger partial charge in [-0.15, -0.1) is 0 Å². The summed E-state index contributed by atoms with van der Waals surface area (Å²) >= 11 is 0. The van der Waals surface area contributed by atoms with E-state index >= 15 is 0 Å². The van der Waals surface area contributed by atoms with E-state index in [9.17, 15) is 9.18 Å². The molecule has 2 saturated carbocycles. The third kappa shape index (κ3) is 2.91. The molecular formula is C20H24FN3O2. The molecule has 0 spiro atoms. The van der Waals surface area contributed by atoms with Crippen LogP contribution >= 0.6 is 0 Å². The maximum absolute atomic E-state index is 13.1. The van der Waals surface area contributed by atoms with Gasteiger partial charge in [0, 0.05) is 19.2 Å². The van der Waals surface area contributed by atoms with Crippen LogP contribution in [0.2, 0.25) is 0 Å². The van der Waals surface area contributed by atoms with Crippen molar-refractivity contribution in [1.29, 1.82) is 0 Å². The zero-order valence-electron chi connectivity index (χ0n) is 15.2. The number of aromatic nitrogens is 2. The zero-order chi connectivity index (χ0) is 18.3. The maximum atomic E-state index is 13.1. The van der Waals surface area contributed by atoms with Gasteiger partial charge in [-0.3, -0.25) is 4.79 Å². The molecule has 1 heterocycles. The third-order valence-corrected chi connectivity index (χ3v) is 5.97. The van der Waals surface area contributed by atoms with Crippen LogP contribution in [0.3, 0.4) is 0 Å². The number of nitrogens with zero attached hydrogens (tertiary/aromatic N) is 3. The summed E-state index contributed by atoms with van der Waals surface area (Å²) in [6.45, 7) is 2.85. The van der Waals surface area contributed by atoms with Gasteiger partial charge in [-0.2, -0.15) is 4.98 Å². The Kier molecular flexibility index (Phi) is 4.51. The van der Waals surface area contributed by atoms with Crippen molar-refractivity contribution in [1.82, 2.24) is 15.0 Å². The number of halogens is 1. The Morgan fingerprint density at radius 3 is 2.73 bits per heavy atom. The molecule has 4 rings (SSSR count). The average molecular weight is 357 g/mol. The fourth-order valence-corrected chi connectivity index (χ4v) is 4.79. The predicted octanol–water partition coefficient (Wildman–Crippen LogP) is 3.87. The number of fused-ring (bicyclic) bond motifs is 2. The number of benzene rings is 1. The monoisotopic (exact) mass is 357 g/mol. The quantitative estimate of drug-likeness (QED) is 0.815. The minimum absolute atomic E-state index is 0.00209. The summed E-state index contributed by atoms with van der Waals surface area (Å²) in [5.41, 5.74) is 0.718. The topological polar surface area (TPSA) is 59.2 Å². The Morgan fingerprint density at radius 2 is 2.00 bits per heavy atom. The van der Waals surface area contributed by atoms with Crippen LogP contribution in [0.15, 0.2) is 28.8 Å². The van der Waals surface area contributed by atoms with Crippen molar-refractivity contribution in [3.63, 3.8) is 0 Å². The summed E-state index contributed by atoms with van der Waals surface area (Å²) in [6.07, 6.45) is 4.24. The normalized spacial score (nSPS) is 27.0. The summed E-state index contributed by atoms with van der Waals surface area (Å²) in [5.74, 6) is 1.70. The van der Waals surface area contributed by atoms with Crippen LogP contribution in [-0.2, 0) is 4.79 Å². The molecule has 4 atom stereocenters.